The molecular formula is C18H21N5O3. The molecule has 0 bridgehead atoms. The molecule has 1 unspecified atom stereocenters. The summed E-state index contributed by atoms with van der Waals surface area (Å²) in [6.45, 7) is 6.74. The predicted molar refractivity (Wildman–Crippen MR) is 95.5 cm³/mol. The molecule has 0 radical (unpaired) electrons. The highest BCUT2D eigenvalue weighted by Gasteiger charge is 2.49. The van der Waals surface area contributed by atoms with E-state index in [9.17, 15) is 14.4 Å². The maximum atomic E-state index is 12.8. The van der Waals surface area contributed by atoms with Crippen LogP contribution < -0.4 is 10.6 Å². The molecule has 4 amide bonds. The van der Waals surface area contributed by atoms with Gasteiger partial charge in [-0.1, -0.05) is 29.8 Å². The van der Waals surface area contributed by atoms with Crippen LogP contribution in [-0.4, -0.2) is 39.5 Å². The molecule has 0 saturated carbocycles. The average molecular weight is 355 g/mol. The highest BCUT2D eigenvalue weighted by Crippen LogP contribution is 2.29. The number of nitrogens with zero attached hydrogens (tertiary/aromatic N) is 2. The van der Waals surface area contributed by atoms with Crippen molar-refractivity contribution in [2.75, 3.05) is 11.9 Å². The van der Waals surface area contributed by atoms with Gasteiger partial charge in [0.2, 0.25) is 5.91 Å². The number of imide groups is 1. The van der Waals surface area contributed by atoms with Gasteiger partial charge in [0.1, 0.15) is 12.1 Å². The first kappa shape index (κ1) is 17.7. The van der Waals surface area contributed by atoms with Crippen molar-refractivity contribution < 1.29 is 14.4 Å². The van der Waals surface area contributed by atoms with Crippen molar-refractivity contribution in [2.24, 2.45) is 0 Å². The Balaban J connectivity index is 1.77. The van der Waals surface area contributed by atoms with Gasteiger partial charge in [-0.15, -0.1) is 0 Å². The highest BCUT2D eigenvalue weighted by atomic mass is 16.2. The van der Waals surface area contributed by atoms with E-state index in [1.54, 1.807) is 32.9 Å². The molecule has 3 rings (SSSR count). The number of amides is 4. The molecule has 1 aromatic heterocycles. The number of aryl methyl sites for hydroxylation is 3. The SMILES string of the molecule is Cc1ccc(C2(C)NC(=O)N(CC(=O)Nc3c(C)n[nH]c3C)C2=O)cc1. The lowest BCUT2D eigenvalue weighted by Gasteiger charge is -2.22. The van der Waals surface area contributed by atoms with Crippen LogP contribution in [0.2, 0.25) is 0 Å². The van der Waals surface area contributed by atoms with Crippen molar-refractivity contribution in [3.8, 4) is 0 Å². The molecule has 1 aliphatic heterocycles. The normalized spacial score (nSPS) is 19.6. The number of H-pyrrole nitrogens is 1. The van der Waals surface area contributed by atoms with Gasteiger partial charge in [0.05, 0.1) is 17.1 Å². The third-order valence-corrected chi connectivity index (χ3v) is 4.60. The van der Waals surface area contributed by atoms with Crippen LogP contribution in [0.5, 0.6) is 0 Å². The minimum atomic E-state index is -1.19. The molecule has 0 aliphatic carbocycles. The van der Waals surface area contributed by atoms with Crippen molar-refractivity contribution in [2.45, 2.75) is 33.2 Å². The summed E-state index contributed by atoms with van der Waals surface area (Å²) in [4.78, 5) is 38.4. The molecule has 1 aliphatic rings. The monoisotopic (exact) mass is 355 g/mol. The first-order valence-electron chi connectivity index (χ1n) is 8.25. The zero-order valence-electron chi connectivity index (χ0n) is 15.1. The van der Waals surface area contributed by atoms with Crippen LogP contribution in [-0.2, 0) is 15.1 Å². The number of aromatic amines is 1. The smallest absolute Gasteiger partial charge is 0.321 e. The average Bonchev–Trinajstić information content (AvgIpc) is 3.01. The molecule has 1 fully saturated rings. The van der Waals surface area contributed by atoms with Crippen molar-refractivity contribution in [3.63, 3.8) is 0 Å². The minimum absolute atomic E-state index is 0.365. The van der Waals surface area contributed by atoms with E-state index < -0.39 is 23.4 Å². The third kappa shape index (κ3) is 2.94. The Bertz CT molecular complexity index is 867. The lowest BCUT2D eigenvalue weighted by molar-refractivity contribution is -0.133. The zero-order chi connectivity index (χ0) is 19.1. The largest absolute Gasteiger partial charge is 0.325 e. The summed E-state index contributed by atoms with van der Waals surface area (Å²) < 4.78 is 0. The van der Waals surface area contributed by atoms with Crippen LogP contribution in [0.25, 0.3) is 0 Å². The van der Waals surface area contributed by atoms with E-state index in [4.69, 9.17) is 0 Å². The maximum absolute atomic E-state index is 12.8. The van der Waals surface area contributed by atoms with E-state index in [0.717, 1.165) is 10.5 Å². The van der Waals surface area contributed by atoms with Crippen molar-refractivity contribution in [3.05, 3.63) is 46.8 Å². The fourth-order valence-electron chi connectivity index (χ4n) is 2.98. The van der Waals surface area contributed by atoms with Crippen LogP contribution in [0.15, 0.2) is 24.3 Å². The van der Waals surface area contributed by atoms with Crippen LogP contribution in [0.3, 0.4) is 0 Å². The van der Waals surface area contributed by atoms with Gasteiger partial charge in [0.25, 0.3) is 5.91 Å². The first-order chi connectivity index (χ1) is 12.2. The summed E-state index contributed by atoms with van der Waals surface area (Å²) in [7, 11) is 0. The van der Waals surface area contributed by atoms with E-state index in [-0.39, 0.29) is 6.54 Å². The van der Waals surface area contributed by atoms with Crippen molar-refractivity contribution >= 4 is 23.5 Å². The summed E-state index contributed by atoms with van der Waals surface area (Å²) >= 11 is 0. The minimum Gasteiger partial charge on any atom is -0.321 e. The number of nitrogens with one attached hydrogen (secondary N) is 3. The summed E-state index contributed by atoms with van der Waals surface area (Å²) in [6, 6.07) is 6.76. The Labute approximate surface area is 151 Å². The number of urea groups is 1. The molecule has 8 heteroatoms. The van der Waals surface area contributed by atoms with E-state index >= 15 is 0 Å². The van der Waals surface area contributed by atoms with E-state index in [1.165, 1.54) is 0 Å². The second kappa shape index (κ2) is 6.29. The molecule has 0 spiro atoms. The number of hydrogen-bond donors (Lipinski definition) is 3. The Kier molecular flexibility index (Phi) is 4.27. The number of aromatic nitrogens is 2. The molecule has 8 nitrogen and oxygen atoms in total. The summed E-state index contributed by atoms with van der Waals surface area (Å²) in [6.07, 6.45) is 0. The Morgan fingerprint density at radius 3 is 2.42 bits per heavy atom. The third-order valence-electron chi connectivity index (χ3n) is 4.60. The van der Waals surface area contributed by atoms with Gasteiger partial charge in [-0.05, 0) is 33.3 Å². The molecule has 1 atom stereocenters. The quantitative estimate of drug-likeness (QED) is 0.726. The van der Waals surface area contributed by atoms with Gasteiger partial charge in [0, 0.05) is 0 Å². The Morgan fingerprint density at radius 2 is 1.85 bits per heavy atom. The second-order valence-electron chi connectivity index (χ2n) is 6.67. The Morgan fingerprint density at radius 1 is 1.19 bits per heavy atom. The van der Waals surface area contributed by atoms with E-state index in [0.29, 0.717) is 22.6 Å². The van der Waals surface area contributed by atoms with Crippen LogP contribution >= 0.6 is 0 Å². The fourth-order valence-corrected chi connectivity index (χ4v) is 2.98. The van der Waals surface area contributed by atoms with Gasteiger partial charge in [-0.2, -0.15) is 5.10 Å². The number of anilines is 1. The second-order valence-corrected chi connectivity index (χ2v) is 6.67. The standard InChI is InChI=1S/C18H21N5O3/c1-10-5-7-13(8-6-10)18(4)16(25)23(17(26)20-18)9-14(24)19-15-11(2)21-22-12(15)3/h5-8H,9H2,1-4H3,(H,19,24)(H,20,26)(H,21,22). The van der Waals surface area contributed by atoms with Gasteiger partial charge in [-0.3, -0.25) is 19.6 Å². The Hall–Kier alpha value is -3.16. The van der Waals surface area contributed by atoms with Gasteiger partial charge < -0.3 is 10.6 Å². The zero-order valence-corrected chi connectivity index (χ0v) is 15.1. The summed E-state index contributed by atoms with van der Waals surface area (Å²) in [5.41, 5.74) is 2.44. The van der Waals surface area contributed by atoms with Gasteiger partial charge in [-0.25, -0.2) is 4.79 Å². The van der Waals surface area contributed by atoms with E-state index in [2.05, 4.69) is 20.8 Å². The molecule has 2 aromatic rings. The fraction of sp³-hybridized carbons (Fsp3) is 0.333. The molecule has 3 N–H and O–H groups in total. The molecular weight excluding hydrogens is 334 g/mol. The lowest BCUT2D eigenvalue weighted by Crippen LogP contribution is -2.42. The number of carbonyl (C=O) groups is 3. The summed E-state index contributed by atoms with van der Waals surface area (Å²) in [5, 5.41) is 12.2. The van der Waals surface area contributed by atoms with Crippen LogP contribution in [0.4, 0.5) is 10.5 Å². The topological polar surface area (TPSA) is 107 Å². The van der Waals surface area contributed by atoms with Gasteiger partial charge >= 0.3 is 6.03 Å². The number of benzene rings is 1. The lowest BCUT2D eigenvalue weighted by atomic mass is 9.91. The van der Waals surface area contributed by atoms with Crippen LogP contribution in [0, 0.1) is 20.8 Å². The molecule has 2 heterocycles. The molecule has 26 heavy (non-hydrogen) atoms. The highest BCUT2D eigenvalue weighted by molar-refractivity contribution is 6.10. The van der Waals surface area contributed by atoms with Crippen molar-refractivity contribution in [1.29, 1.82) is 0 Å². The number of carbonyl (C=O) groups excluding carboxylic acids is 3. The molecule has 136 valence electrons. The van der Waals surface area contributed by atoms with Crippen LogP contribution in [0.1, 0.15) is 29.4 Å². The molecule has 1 saturated heterocycles. The summed E-state index contributed by atoms with van der Waals surface area (Å²) in [5.74, 6) is -0.920. The maximum Gasteiger partial charge on any atom is 0.325 e. The number of rotatable bonds is 4. The van der Waals surface area contributed by atoms with Crippen molar-refractivity contribution in [1.82, 2.24) is 20.4 Å². The molecule has 1 aromatic carbocycles. The first-order valence-corrected chi connectivity index (χ1v) is 8.25. The number of hydrogen-bond acceptors (Lipinski definition) is 4. The van der Waals surface area contributed by atoms with Gasteiger partial charge in [0.15, 0.2) is 0 Å². The van der Waals surface area contributed by atoms with E-state index in [1.807, 2.05) is 19.1 Å². The predicted octanol–water partition coefficient (Wildman–Crippen LogP) is 1.74.